The molecule has 0 aliphatic carbocycles. The molecule has 1 aromatic rings. The summed E-state index contributed by atoms with van der Waals surface area (Å²) < 4.78 is 0. The SMILES string of the molecule is CCCCC1CC(C)=[NH+]c2ccccc21.[Cl][Sb-]([Cl])([Cl])([Cl])([Cl])[Cl]. The zero-order chi connectivity index (χ0) is 17.1. The summed E-state index contributed by atoms with van der Waals surface area (Å²) in [6, 6.07) is 8.73. The van der Waals surface area contributed by atoms with Gasteiger partial charge in [-0.2, -0.15) is 0 Å². The fourth-order valence-electron chi connectivity index (χ4n) is 2.44. The monoisotopic (exact) mass is 533 g/mol. The number of hydrogen-bond donors (Lipinski definition) is 1. The van der Waals surface area contributed by atoms with Gasteiger partial charge in [0.2, 0.25) is 5.69 Å². The van der Waals surface area contributed by atoms with Gasteiger partial charge in [-0.15, -0.1) is 0 Å². The third kappa shape index (κ3) is 11.1. The Bertz CT molecular complexity index is 538. The third-order valence-corrected chi connectivity index (χ3v) is 3.21. The van der Waals surface area contributed by atoms with E-state index in [2.05, 4.69) is 43.1 Å². The quantitative estimate of drug-likeness (QED) is 0.436. The molecule has 2 rings (SSSR count). The molecule has 0 amide bonds. The normalized spacial score (nSPS) is 20.7. The third-order valence-electron chi connectivity index (χ3n) is 3.21. The van der Waals surface area contributed by atoms with Gasteiger partial charge in [-0.25, -0.2) is 4.99 Å². The Labute approximate surface area is 152 Å². The van der Waals surface area contributed by atoms with Crippen molar-refractivity contribution in [2.24, 2.45) is 0 Å². The van der Waals surface area contributed by atoms with Gasteiger partial charge in [0.05, 0.1) is 0 Å². The van der Waals surface area contributed by atoms with Gasteiger partial charge in [0.15, 0.2) is 5.71 Å². The first-order valence-corrected chi connectivity index (χ1v) is 26.4. The minimum atomic E-state index is -5.42. The van der Waals surface area contributed by atoms with Crippen molar-refractivity contribution in [3.05, 3.63) is 29.8 Å². The summed E-state index contributed by atoms with van der Waals surface area (Å²) in [4.78, 5) is 3.48. The van der Waals surface area contributed by atoms with E-state index in [0.717, 1.165) is 5.92 Å². The molecule has 128 valence electrons. The number of fused-ring (bicyclic) bond motifs is 1. The Morgan fingerprint density at radius 2 is 1.64 bits per heavy atom. The Hall–Kier alpha value is 1.45. The molecule has 0 fully saturated rings. The van der Waals surface area contributed by atoms with Gasteiger partial charge in [0, 0.05) is 25.0 Å². The fraction of sp³-hybridized carbons (Fsp3) is 0.500. The van der Waals surface area contributed by atoms with Gasteiger partial charge in [0.1, 0.15) is 0 Å². The number of unbranched alkanes of at least 4 members (excludes halogenated alkanes) is 1. The van der Waals surface area contributed by atoms with Crippen molar-refractivity contribution in [2.75, 3.05) is 0 Å². The number of para-hydroxylation sites is 1. The average molecular weight is 537 g/mol. The second-order valence-corrected chi connectivity index (χ2v) is 62.4. The maximum atomic E-state index is 5.06. The van der Waals surface area contributed by atoms with E-state index < -0.39 is 9.14 Å². The van der Waals surface area contributed by atoms with Crippen molar-refractivity contribution < 1.29 is 4.99 Å². The van der Waals surface area contributed by atoms with E-state index in [9.17, 15) is 0 Å². The molecule has 22 heavy (non-hydrogen) atoms. The molecule has 1 aliphatic rings. The molecule has 8 heteroatoms. The van der Waals surface area contributed by atoms with Crippen molar-refractivity contribution in [1.29, 1.82) is 0 Å². The number of halogens is 6. The van der Waals surface area contributed by atoms with E-state index in [1.807, 2.05) is 0 Å². The molecule has 1 aliphatic heterocycles. The summed E-state index contributed by atoms with van der Waals surface area (Å²) in [6.45, 7) is 4.47. The molecule has 1 atom stereocenters. The zero-order valence-corrected chi connectivity index (χ0v) is 19.5. The summed E-state index contributed by atoms with van der Waals surface area (Å²) in [7, 11) is 25.0. The Balaban J connectivity index is 0.000000295. The van der Waals surface area contributed by atoms with Crippen LogP contribution in [0.25, 0.3) is 0 Å². The predicted octanol–water partition coefficient (Wildman–Crippen LogP) is 6.29. The van der Waals surface area contributed by atoms with Gasteiger partial charge in [0.25, 0.3) is 0 Å². The molecular weight excluding hydrogens is 517 g/mol. The summed E-state index contributed by atoms with van der Waals surface area (Å²) in [5, 5.41) is 0. The molecule has 0 bridgehead atoms. The van der Waals surface area contributed by atoms with Crippen LogP contribution in [0.5, 0.6) is 0 Å². The zero-order valence-electron chi connectivity index (χ0n) is 12.4. The molecule has 0 saturated carbocycles. The Morgan fingerprint density at radius 1 is 1.09 bits per heavy atom. The van der Waals surface area contributed by atoms with E-state index in [1.165, 1.54) is 42.6 Å². The number of hydrogen-bond acceptors (Lipinski definition) is 0. The summed E-state index contributed by atoms with van der Waals surface area (Å²) in [5.41, 5.74) is 4.24. The first-order valence-electron chi connectivity index (χ1n) is 7.01. The molecule has 1 heterocycles. The van der Waals surface area contributed by atoms with E-state index >= 15 is 0 Å². The number of rotatable bonds is 3. The summed E-state index contributed by atoms with van der Waals surface area (Å²) >= 11 is 0. The average Bonchev–Trinajstić information content (AvgIpc) is 2.32. The van der Waals surface area contributed by atoms with Crippen molar-refractivity contribution >= 4 is 73.5 Å². The molecule has 0 radical (unpaired) electrons. The van der Waals surface area contributed by atoms with Crippen LogP contribution in [0.3, 0.4) is 0 Å². The van der Waals surface area contributed by atoms with Crippen molar-refractivity contribution in [3.63, 3.8) is 0 Å². The molecule has 1 aromatic carbocycles. The van der Waals surface area contributed by atoms with Crippen LogP contribution in [0.4, 0.5) is 5.69 Å². The molecular formula is C14H20Cl6NSb. The number of benzene rings is 1. The second-order valence-electron chi connectivity index (χ2n) is 5.49. The Morgan fingerprint density at radius 3 is 2.18 bits per heavy atom. The van der Waals surface area contributed by atoms with Crippen LogP contribution >= 0.6 is 53.0 Å². The minimum absolute atomic E-state index is 0.738. The van der Waals surface area contributed by atoms with E-state index in [4.69, 9.17) is 53.0 Å². The van der Waals surface area contributed by atoms with E-state index in [1.54, 1.807) is 0 Å². The van der Waals surface area contributed by atoms with Crippen LogP contribution in [0.1, 0.15) is 51.0 Å². The molecule has 1 nitrogen and oxygen atoms in total. The first kappa shape index (κ1) is 21.5. The van der Waals surface area contributed by atoms with Crippen LogP contribution in [0.15, 0.2) is 24.3 Å². The predicted molar refractivity (Wildman–Crippen MR) is 106 cm³/mol. The van der Waals surface area contributed by atoms with E-state index in [0.29, 0.717) is 0 Å². The molecule has 1 unspecified atom stereocenters. The van der Waals surface area contributed by atoms with Gasteiger partial charge in [-0.05, 0) is 12.3 Å². The first-order chi connectivity index (χ1) is 9.76. The molecule has 0 spiro atoms. The van der Waals surface area contributed by atoms with Crippen molar-refractivity contribution in [1.82, 2.24) is 0 Å². The van der Waals surface area contributed by atoms with Gasteiger partial charge >= 0.3 is 62.1 Å². The van der Waals surface area contributed by atoms with Crippen molar-refractivity contribution in [2.45, 2.75) is 45.4 Å². The van der Waals surface area contributed by atoms with Crippen LogP contribution in [0, 0.1) is 0 Å². The topological polar surface area (TPSA) is 14.0 Å². The van der Waals surface area contributed by atoms with Gasteiger partial charge in [-0.1, -0.05) is 38.0 Å². The summed E-state index contributed by atoms with van der Waals surface area (Å²) in [5.74, 6) is 0.738. The standard InChI is InChI=1S/C14H19N.6ClH.Sb/c1-3-4-7-12-10-11(2)15-14-9-6-5-8-13(12)14;;;;;;;/h5-6,8-9,12H,3-4,7,10H2,1-2H3;6*1H;/q;;;;;;;+5/p-5. The molecule has 1 N–H and O–H groups in total. The summed E-state index contributed by atoms with van der Waals surface area (Å²) in [6.07, 6.45) is 5.17. The van der Waals surface area contributed by atoms with Crippen LogP contribution in [-0.4, -0.2) is 14.9 Å². The van der Waals surface area contributed by atoms with Crippen LogP contribution in [0.2, 0.25) is 0 Å². The van der Waals surface area contributed by atoms with Gasteiger partial charge in [-0.3, -0.25) is 0 Å². The second kappa shape index (κ2) is 7.36. The van der Waals surface area contributed by atoms with Crippen molar-refractivity contribution in [3.8, 4) is 0 Å². The molecule has 0 saturated heterocycles. The maximum absolute atomic E-state index is 5.42. The molecule has 0 aromatic heterocycles. The van der Waals surface area contributed by atoms with Crippen LogP contribution in [-0.2, 0) is 0 Å². The fourth-order valence-corrected chi connectivity index (χ4v) is 2.44. The Kier molecular flexibility index (Phi) is 7.19. The van der Waals surface area contributed by atoms with E-state index in [-0.39, 0.29) is 0 Å². The van der Waals surface area contributed by atoms with Crippen LogP contribution < -0.4 is 4.99 Å². The number of nitrogens with one attached hydrogen (secondary N) is 1. The van der Waals surface area contributed by atoms with Gasteiger partial charge < -0.3 is 0 Å².